The summed E-state index contributed by atoms with van der Waals surface area (Å²) in [4.78, 5) is 27.9. The normalized spacial score (nSPS) is 17.0. The summed E-state index contributed by atoms with van der Waals surface area (Å²) in [5.74, 6) is 0.181. The fourth-order valence-corrected chi connectivity index (χ4v) is 3.95. The van der Waals surface area contributed by atoms with Crippen LogP contribution in [0.2, 0.25) is 0 Å². The van der Waals surface area contributed by atoms with Gasteiger partial charge in [-0.15, -0.1) is 0 Å². The molecule has 0 aromatic carbocycles. The highest BCUT2D eigenvalue weighted by atomic mass is 32.2. The molecule has 2 aliphatic rings. The predicted octanol–water partition coefficient (Wildman–Crippen LogP) is 5.30. The van der Waals surface area contributed by atoms with Crippen molar-refractivity contribution in [2.45, 2.75) is 65.6 Å². The van der Waals surface area contributed by atoms with E-state index in [1.165, 1.54) is 17.3 Å². The first-order valence-electron chi connectivity index (χ1n) is 10.6. The summed E-state index contributed by atoms with van der Waals surface area (Å²) in [6.07, 6.45) is 11.4. The van der Waals surface area contributed by atoms with E-state index in [1.807, 2.05) is 51.3 Å². The Morgan fingerprint density at radius 3 is 2.20 bits per heavy atom. The fraction of sp³-hybridized carbons (Fsp3) is 0.609. The summed E-state index contributed by atoms with van der Waals surface area (Å²) in [5.41, 5.74) is 2.36. The zero-order valence-electron chi connectivity index (χ0n) is 19.3. The first-order valence-corrected chi connectivity index (χ1v) is 11.9. The third kappa shape index (κ3) is 9.94. The molecule has 1 aliphatic carbocycles. The largest absolute Gasteiger partial charge is 0.350 e. The number of nitrogens with zero attached hydrogens (tertiary/aromatic N) is 2. The molecule has 0 aromatic heterocycles. The SMILES string of the molecule is C/C=C(\NC(C)=S)C1=CCCC=C1.CCC(=O)N1CCN(C(=O)SC(C)(C)C)CC1. The smallest absolute Gasteiger partial charge is 0.282 e. The quantitative estimate of drug-likeness (QED) is 0.591. The van der Waals surface area contributed by atoms with Crippen LogP contribution in [0.4, 0.5) is 4.79 Å². The highest BCUT2D eigenvalue weighted by Gasteiger charge is 2.26. The maximum atomic E-state index is 11.9. The van der Waals surface area contributed by atoms with Crippen LogP contribution in [0, 0.1) is 0 Å². The minimum Gasteiger partial charge on any atom is -0.350 e. The summed E-state index contributed by atoms with van der Waals surface area (Å²) >= 11 is 6.37. The van der Waals surface area contributed by atoms with Gasteiger partial charge >= 0.3 is 0 Å². The van der Waals surface area contributed by atoms with Gasteiger partial charge in [0, 0.05) is 43.0 Å². The van der Waals surface area contributed by atoms with Crippen LogP contribution in [-0.4, -0.2) is 56.9 Å². The Bertz CT molecular complexity index is 698. The minimum atomic E-state index is -0.0482. The molecule has 1 N–H and O–H groups in total. The molecule has 1 aliphatic heterocycles. The second-order valence-corrected chi connectivity index (χ2v) is 10.6. The molecule has 1 fully saturated rings. The van der Waals surface area contributed by atoms with Crippen LogP contribution in [-0.2, 0) is 4.79 Å². The van der Waals surface area contributed by atoms with Gasteiger partial charge in [-0.3, -0.25) is 9.59 Å². The lowest BCUT2D eigenvalue weighted by Gasteiger charge is -2.35. The van der Waals surface area contributed by atoms with Crippen LogP contribution in [0.5, 0.6) is 0 Å². The van der Waals surface area contributed by atoms with Crippen LogP contribution in [0.1, 0.15) is 60.8 Å². The number of carbonyl (C=O) groups is 2. The van der Waals surface area contributed by atoms with Crippen molar-refractivity contribution in [1.82, 2.24) is 15.1 Å². The molecule has 0 saturated carbocycles. The number of allylic oxidation sites excluding steroid dienone is 4. The van der Waals surface area contributed by atoms with Gasteiger partial charge < -0.3 is 15.1 Å². The van der Waals surface area contributed by atoms with Gasteiger partial charge in [0.2, 0.25) is 5.91 Å². The molecule has 2 rings (SSSR count). The fourth-order valence-electron chi connectivity index (χ4n) is 3.00. The molecule has 7 heteroatoms. The Kier molecular flexibility index (Phi) is 11.4. The topological polar surface area (TPSA) is 52.7 Å². The number of thiocarbonyl (C=S) groups is 1. The molecule has 168 valence electrons. The number of amides is 2. The van der Waals surface area contributed by atoms with E-state index in [-0.39, 0.29) is 15.9 Å². The molecule has 1 saturated heterocycles. The van der Waals surface area contributed by atoms with Gasteiger partial charge in [-0.25, -0.2) is 0 Å². The average Bonchev–Trinajstić information content (AvgIpc) is 2.71. The maximum absolute atomic E-state index is 11.9. The van der Waals surface area contributed by atoms with Crippen molar-refractivity contribution < 1.29 is 9.59 Å². The molecule has 0 aromatic rings. The summed E-state index contributed by atoms with van der Waals surface area (Å²) in [6, 6.07) is 0. The monoisotopic (exact) mass is 451 g/mol. The summed E-state index contributed by atoms with van der Waals surface area (Å²) in [7, 11) is 0. The first kappa shape index (κ1) is 26.4. The highest BCUT2D eigenvalue weighted by Crippen LogP contribution is 2.26. The van der Waals surface area contributed by atoms with Crippen LogP contribution in [0.3, 0.4) is 0 Å². The van der Waals surface area contributed by atoms with Crippen molar-refractivity contribution in [2.75, 3.05) is 26.2 Å². The molecule has 0 unspecified atom stereocenters. The van der Waals surface area contributed by atoms with Crippen molar-refractivity contribution in [3.8, 4) is 0 Å². The first-order chi connectivity index (χ1) is 14.1. The zero-order valence-corrected chi connectivity index (χ0v) is 20.9. The van der Waals surface area contributed by atoms with Gasteiger partial charge in [0.1, 0.15) is 0 Å². The standard InChI is InChI=1S/C12H22N2O2S.C11H15NS/c1-5-10(15)13-6-8-14(9-7-13)11(16)17-12(2,3)4;1-3-11(12-9(2)13)10-7-5-4-6-8-10/h5-9H2,1-4H3;3,5,7-8H,4,6H2,1-2H3,(H,12,13)/b;11-3-. The van der Waals surface area contributed by atoms with Gasteiger partial charge in [0.25, 0.3) is 5.24 Å². The average molecular weight is 452 g/mol. The van der Waals surface area contributed by atoms with E-state index >= 15 is 0 Å². The van der Waals surface area contributed by atoms with Gasteiger partial charge in [-0.1, -0.05) is 76.0 Å². The van der Waals surface area contributed by atoms with Gasteiger partial charge in [-0.05, 0) is 32.3 Å². The van der Waals surface area contributed by atoms with Crippen molar-refractivity contribution in [3.05, 3.63) is 35.6 Å². The highest BCUT2D eigenvalue weighted by molar-refractivity contribution is 8.14. The van der Waals surface area contributed by atoms with E-state index in [4.69, 9.17) is 12.2 Å². The second kappa shape index (κ2) is 13.0. The molecule has 5 nitrogen and oxygen atoms in total. The predicted molar refractivity (Wildman–Crippen MR) is 133 cm³/mol. The molecule has 30 heavy (non-hydrogen) atoms. The number of nitrogens with one attached hydrogen (secondary N) is 1. The van der Waals surface area contributed by atoms with E-state index in [1.54, 1.807) is 0 Å². The zero-order chi connectivity index (χ0) is 22.7. The van der Waals surface area contributed by atoms with E-state index < -0.39 is 0 Å². The molecule has 0 radical (unpaired) electrons. The van der Waals surface area contributed by atoms with Crippen LogP contribution in [0.25, 0.3) is 0 Å². The lowest BCUT2D eigenvalue weighted by atomic mass is 10.0. The van der Waals surface area contributed by atoms with Crippen LogP contribution >= 0.6 is 24.0 Å². The number of carbonyl (C=O) groups excluding carboxylic acids is 2. The molecular formula is C23H37N3O2S2. The molecule has 0 atom stereocenters. The third-order valence-corrected chi connectivity index (χ3v) is 5.64. The van der Waals surface area contributed by atoms with Crippen LogP contribution < -0.4 is 5.32 Å². The number of rotatable bonds is 3. The van der Waals surface area contributed by atoms with Gasteiger partial charge in [0.05, 0.1) is 4.99 Å². The Morgan fingerprint density at radius 2 is 1.77 bits per heavy atom. The van der Waals surface area contributed by atoms with E-state index in [2.05, 4.69) is 29.6 Å². The minimum absolute atomic E-state index is 0.0482. The molecular weight excluding hydrogens is 414 g/mol. The van der Waals surface area contributed by atoms with Crippen molar-refractivity contribution >= 4 is 40.1 Å². The molecule has 1 heterocycles. The summed E-state index contributed by atoms with van der Waals surface area (Å²) in [6.45, 7) is 14.5. The molecule has 2 amide bonds. The van der Waals surface area contributed by atoms with E-state index in [0.29, 0.717) is 32.6 Å². The second-order valence-electron chi connectivity index (χ2n) is 8.22. The maximum Gasteiger partial charge on any atom is 0.282 e. The van der Waals surface area contributed by atoms with Gasteiger partial charge in [-0.2, -0.15) is 0 Å². The number of hydrogen-bond donors (Lipinski definition) is 1. The summed E-state index contributed by atoms with van der Waals surface area (Å²) < 4.78 is -0.0482. The number of piperazine rings is 1. The Labute approximate surface area is 192 Å². The molecule has 0 bridgehead atoms. The third-order valence-electron chi connectivity index (χ3n) is 4.49. The van der Waals surface area contributed by atoms with E-state index in [9.17, 15) is 9.59 Å². The Balaban J connectivity index is 0.000000311. The molecule has 0 spiro atoms. The van der Waals surface area contributed by atoms with Crippen LogP contribution in [0.15, 0.2) is 35.6 Å². The van der Waals surface area contributed by atoms with Gasteiger partial charge in [0.15, 0.2) is 0 Å². The van der Waals surface area contributed by atoms with Crippen molar-refractivity contribution in [3.63, 3.8) is 0 Å². The number of hydrogen-bond acceptors (Lipinski definition) is 4. The lowest BCUT2D eigenvalue weighted by Crippen LogP contribution is -2.49. The summed E-state index contributed by atoms with van der Waals surface area (Å²) in [5, 5.41) is 3.30. The van der Waals surface area contributed by atoms with Crippen molar-refractivity contribution in [2.24, 2.45) is 0 Å². The number of thioether (sulfide) groups is 1. The van der Waals surface area contributed by atoms with Crippen molar-refractivity contribution in [1.29, 1.82) is 0 Å². The lowest BCUT2D eigenvalue weighted by molar-refractivity contribution is -0.132. The Morgan fingerprint density at radius 1 is 1.17 bits per heavy atom. The Hall–Kier alpha value is -1.60. The van der Waals surface area contributed by atoms with E-state index in [0.717, 1.165) is 23.5 Å².